The van der Waals surface area contributed by atoms with E-state index in [-0.39, 0.29) is 16.4 Å². The third-order valence-corrected chi connectivity index (χ3v) is 5.31. The first-order chi connectivity index (χ1) is 10.3. The summed E-state index contributed by atoms with van der Waals surface area (Å²) in [6.45, 7) is 8.68. The molecule has 0 aliphatic rings. The van der Waals surface area contributed by atoms with E-state index in [0.717, 1.165) is 11.1 Å². The van der Waals surface area contributed by atoms with E-state index in [2.05, 4.69) is 16.5 Å². The zero-order chi connectivity index (χ0) is 16.5. The lowest BCUT2D eigenvalue weighted by Gasteiger charge is -2.04. The third-order valence-electron chi connectivity index (χ3n) is 3.59. The molecule has 0 radical (unpaired) electrons. The van der Waals surface area contributed by atoms with E-state index in [0.29, 0.717) is 17.1 Å². The Labute approximate surface area is 130 Å². The maximum absolute atomic E-state index is 11.8. The molecule has 0 aliphatic heterocycles. The van der Waals surface area contributed by atoms with Gasteiger partial charge in [0.1, 0.15) is 0 Å². The summed E-state index contributed by atoms with van der Waals surface area (Å²) >= 11 is 0. The number of ketones is 1. The van der Waals surface area contributed by atoms with E-state index in [1.165, 1.54) is 19.2 Å². The van der Waals surface area contributed by atoms with Crippen LogP contribution in [0.4, 0.5) is 0 Å². The van der Waals surface area contributed by atoms with Crippen LogP contribution in [0.3, 0.4) is 0 Å². The Morgan fingerprint density at radius 1 is 1.41 bits per heavy atom. The zero-order valence-corrected chi connectivity index (χ0v) is 13.6. The quantitative estimate of drug-likeness (QED) is 0.859. The molecule has 22 heavy (non-hydrogen) atoms. The molecule has 0 atom stereocenters. The number of rotatable bonds is 5. The van der Waals surface area contributed by atoms with E-state index in [4.69, 9.17) is 0 Å². The monoisotopic (exact) mass is 318 g/mol. The molecule has 0 bridgehead atoms. The van der Waals surface area contributed by atoms with Crippen LogP contribution in [0.2, 0.25) is 0 Å². The summed E-state index contributed by atoms with van der Waals surface area (Å²) in [5.41, 5.74) is 3.35. The Kier molecular flexibility index (Phi) is 4.32. The third kappa shape index (κ3) is 2.74. The van der Waals surface area contributed by atoms with Crippen LogP contribution in [0, 0.1) is 6.92 Å². The minimum atomic E-state index is -3.28. The lowest BCUT2D eigenvalue weighted by Crippen LogP contribution is -2.04. The van der Waals surface area contributed by atoms with Crippen LogP contribution in [0.25, 0.3) is 17.5 Å². The maximum Gasteiger partial charge on any atom is 0.179 e. The number of nitrogens with zero attached hydrogens (tertiary/aromatic N) is 1. The number of hydrogen-bond acceptors (Lipinski definition) is 4. The highest BCUT2D eigenvalue weighted by Gasteiger charge is 2.18. The van der Waals surface area contributed by atoms with E-state index < -0.39 is 9.84 Å². The van der Waals surface area contributed by atoms with Gasteiger partial charge < -0.3 is 4.98 Å². The summed E-state index contributed by atoms with van der Waals surface area (Å²) < 4.78 is 23.6. The molecule has 6 heteroatoms. The van der Waals surface area contributed by atoms with E-state index in [9.17, 15) is 13.2 Å². The zero-order valence-electron chi connectivity index (χ0n) is 12.8. The second kappa shape index (κ2) is 5.88. The minimum absolute atomic E-state index is 0.0298. The first-order valence-electron chi connectivity index (χ1n) is 6.87. The largest absolute Gasteiger partial charge is 0.350 e. The average molecular weight is 318 g/mol. The molecule has 0 fully saturated rings. The molecule has 2 rings (SSSR count). The lowest BCUT2D eigenvalue weighted by atomic mass is 10.1. The number of sulfone groups is 1. The highest BCUT2D eigenvalue weighted by Crippen LogP contribution is 2.28. The van der Waals surface area contributed by atoms with Crippen LogP contribution in [-0.4, -0.2) is 29.9 Å². The molecule has 0 amide bonds. The molecule has 1 N–H and O–H groups in total. The molecule has 2 aromatic rings. The standard InChI is InChI=1S/C16H18N2O3S/c1-5-13-10(3)15(11(4)19)18-16(13)14-8-7-12(9-17-14)22(20,21)6-2/h5,7-9,18H,1,6H2,2-4H3. The number of carbonyl (C=O) groups excluding carboxylic acids is 1. The Balaban J connectivity index is 2.56. The van der Waals surface area contributed by atoms with E-state index in [1.807, 2.05) is 6.92 Å². The van der Waals surface area contributed by atoms with Gasteiger partial charge in [-0.2, -0.15) is 0 Å². The predicted molar refractivity (Wildman–Crippen MR) is 86.6 cm³/mol. The van der Waals surface area contributed by atoms with Gasteiger partial charge in [0.05, 0.1) is 27.7 Å². The molecule has 0 saturated carbocycles. The highest BCUT2D eigenvalue weighted by molar-refractivity contribution is 7.91. The molecular formula is C16H18N2O3S. The van der Waals surface area contributed by atoms with Crippen LogP contribution in [0.5, 0.6) is 0 Å². The average Bonchev–Trinajstić information content (AvgIpc) is 2.84. The van der Waals surface area contributed by atoms with Gasteiger partial charge in [0, 0.05) is 18.7 Å². The van der Waals surface area contributed by atoms with Crippen LogP contribution in [0.1, 0.15) is 35.5 Å². The van der Waals surface area contributed by atoms with Gasteiger partial charge in [-0.1, -0.05) is 19.6 Å². The Hall–Kier alpha value is -2.21. The van der Waals surface area contributed by atoms with Gasteiger partial charge in [0.15, 0.2) is 15.6 Å². The first kappa shape index (κ1) is 16.2. The highest BCUT2D eigenvalue weighted by atomic mass is 32.2. The van der Waals surface area contributed by atoms with Crippen LogP contribution >= 0.6 is 0 Å². The summed E-state index contributed by atoms with van der Waals surface area (Å²) in [4.78, 5) is 19.1. The number of nitrogens with one attached hydrogen (secondary N) is 1. The summed E-state index contributed by atoms with van der Waals surface area (Å²) in [5.74, 6) is -0.0424. The second-order valence-electron chi connectivity index (χ2n) is 4.96. The van der Waals surface area contributed by atoms with Gasteiger partial charge in [-0.05, 0) is 24.6 Å². The number of aromatic amines is 1. The van der Waals surface area contributed by atoms with Gasteiger partial charge >= 0.3 is 0 Å². The van der Waals surface area contributed by atoms with Crippen molar-refractivity contribution in [3.8, 4) is 11.4 Å². The van der Waals surface area contributed by atoms with Gasteiger partial charge in [0.25, 0.3) is 0 Å². The topological polar surface area (TPSA) is 79.9 Å². The van der Waals surface area contributed by atoms with Crippen LogP contribution in [-0.2, 0) is 9.84 Å². The van der Waals surface area contributed by atoms with Crippen LogP contribution in [0.15, 0.2) is 29.8 Å². The van der Waals surface area contributed by atoms with Gasteiger partial charge in [-0.15, -0.1) is 0 Å². The fraction of sp³-hybridized carbons (Fsp3) is 0.250. The normalized spacial score (nSPS) is 11.4. The Morgan fingerprint density at radius 2 is 2.09 bits per heavy atom. The van der Waals surface area contributed by atoms with Crippen molar-refractivity contribution in [3.05, 3.63) is 41.7 Å². The lowest BCUT2D eigenvalue weighted by molar-refractivity contribution is 0.101. The molecular weight excluding hydrogens is 300 g/mol. The number of aromatic nitrogens is 2. The first-order valence-corrected chi connectivity index (χ1v) is 8.52. The summed E-state index contributed by atoms with van der Waals surface area (Å²) in [6, 6.07) is 3.16. The number of H-pyrrole nitrogens is 1. The molecule has 2 aromatic heterocycles. The second-order valence-corrected chi connectivity index (χ2v) is 7.23. The molecule has 0 aliphatic carbocycles. The Bertz CT molecular complexity index is 831. The van der Waals surface area contributed by atoms with Crippen molar-refractivity contribution < 1.29 is 13.2 Å². The van der Waals surface area contributed by atoms with Gasteiger partial charge in [-0.3, -0.25) is 9.78 Å². The molecule has 0 spiro atoms. The van der Waals surface area contributed by atoms with Crippen molar-refractivity contribution >= 4 is 21.7 Å². The number of carbonyl (C=O) groups is 1. The molecule has 2 heterocycles. The van der Waals surface area contributed by atoms with Gasteiger partial charge in [0.2, 0.25) is 0 Å². The van der Waals surface area contributed by atoms with Crippen molar-refractivity contribution in [2.75, 3.05) is 5.75 Å². The number of hydrogen-bond donors (Lipinski definition) is 1. The SMILES string of the molecule is C=Cc1c(-c2ccc(S(=O)(=O)CC)cn2)[nH]c(C(C)=O)c1C. The summed E-state index contributed by atoms with van der Waals surface area (Å²) in [5, 5.41) is 0. The number of pyridine rings is 1. The van der Waals surface area contributed by atoms with Crippen molar-refractivity contribution in [2.45, 2.75) is 25.7 Å². The molecule has 5 nitrogen and oxygen atoms in total. The van der Waals surface area contributed by atoms with Gasteiger partial charge in [-0.25, -0.2) is 8.42 Å². The molecule has 0 unspecified atom stereocenters. The molecule has 0 aromatic carbocycles. The van der Waals surface area contributed by atoms with Crippen molar-refractivity contribution in [3.63, 3.8) is 0 Å². The van der Waals surface area contributed by atoms with E-state index in [1.54, 1.807) is 19.1 Å². The number of Topliss-reactive ketones (excluding diaryl/α,β-unsaturated/α-hetero) is 1. The summed E-state index contributed by atoms with van der Waals surface area (Å²) in [7, 11) is -3.28. The summed E-state index contributed by atoms with van der Waals surface area (Å²) in [6.07, 6.45) is 3.00. The smallest absolute Gasteiger partial charge is 0.179 e. The maximum atomic E-state index is 11.8. The van der Waals surface area contributed by atoms with Crippen molar-refractivity contribution in [1.29, 1.82) is 0 Å². The van der Waals surface area contributed by atoms with Crippen LogP contribution < -0.4 is 0 Å². The fourth-order valence-corrected chi connectivity index (χ4v) is 3.12. The molecule has 116 valence electrons. The van der Waals surface area contributed by atoms with Crippen molar-refractivity contribution in [2.24, 2.45) is 0 Å². The fourth-order valence-electron chi connectivity index (χ4n) is 2.30. The minimum Gasteiger partial charge on any atom is -0.350 e. The Morgan fingerprint density at radius 3 is 2.55 bits per heavy atom. The predicted octanol–water partition coefficient (Wildman–Crippen LogP) is 3.02. The van der Waals surface area contributed by atoms with Crippen molar-refractivity contribution in [1.82, 2.24) is 9.97 Å². The van der Waals surface area contributed by atoms with E-state index >= 15 is 0 Å². The molecule has 0 saturated heterocycles.